The van der Waals surface area contributed by atoms with Gasteiger partial charge in [-0.3, -0.25) is 4.79 Å². The van der Waals surface area contributed by atoms with Crippen molar-refractivity contribution in [2.24, 2.45) is 5.92 Å². The molecule has 0 radical (unpaired) electrons. The summed E-state index contributed by atoms with van der Waals surface area (Å²) in [6.45, 7) is 6.63. The maximum atomic E-state index is 11.9. The van der Waals surface area contributed by atoms with Gasteiger partial charge in [-0.2, -0.15) is 0 Å². The molecule has 0 unspecified atom stereocenters. The molecule has 1 rings (SSSR count). The summed E-state index contributed by atoms with van der Waals surface area (Å²) in [5, 5.41) is 0. The van der Waals surface area contributed by atoms with Gasteiger partial charge in [0, 0.05) is 19.5 Å². The quantitative estimate of drug-likeness (QED) is 0.139. The molecule has 1 amide bonds. The Hall–Kier alpha value is -1.05. The molecule has 0 saturated carbocycles. The summed E-state index contributed by atoms with van der Waals surface area (Å²) in [6, 6.07) is 0. The minimum Gasteiger partial charge on any atom is -0.343 e. The van der Waals surface area contributed by atoms with Crippen molar-refractivity contribution in [1.29, 1.82) is 0 Å². The fraction of sp³-hybridized carbons (Fsp3) is 0.828. The summed E-state index contributed by atoms with van der Waals surface area (Å²) in [5.41, 5.74) is 0. The van der Waals surface area contributed by atoms with E-state index in [0.717, 1.165) is 51.1 Å². The van der Waals surface area contributed by atoms with E-state index in [1.807, 2.05) is 4.90 Å². The van der Waals surface area contributed by atoms with Gasteiger partial charge in [0.05, 0.1) is 0 Å². The normalized spacial score (nSPS) is 14.6. The van der Waals surface area contributed by atoms with Gasteiger partial charge in [0.15, 0.2) is 0 Å². The number of hydrogen-bond acceptors (Lipinski definition) is 1. The molecule has 2 nitrogen and oxygen atoms in total. The third kappa shape index (κ3) is 18.2. The van der Waals surface area contributed by atoms with E-state index in [-0.39, 0.29) is 0 Å². The van der Waals surface area contributed by atoms with Gasteiger partial charge in [-0.15, -0.1) is 0 Å². The monoisotopic (exact) mass is 431 g/mol. The van der Waals surface area contributed by atoms with E-state index in [0.29, 0.717) is 5.91 Å². The van der Waals surface area contributed by atoms with Crippen LogP contribution < -0.4 is 0 Å². The lowest BCUT2D eigenvalue weighted by molar-refractivity contribution is -0.130. The van der Waals surface area contributed by atoms with E-state index in [9.17, 15) is 4.79 Å². The third-order valence-electron chi connectivity index (χ3n) is 6.46. The second-order valence-corrected chi connectivity index (χ2v) is 10.0. The molecule has 1 saturated heterocycles. The standard InChI is InChI=1S/C29H53NO/c1-28(2)24-20-18-16-14-12-10-8-6-4-3-5-7-9-11-13-15-17-19-21-25-29(31)30-26-22-23-27-30/h7,9,15,17,28H,3-6,8,10-14,16,18-27H2,1-2H3/b9-7-,17-15-. The first-order valence-electron chi connectivity index (χ1n) is 13.8. The molecule has 0 aromatic rings. The lowest BCUT2D eigenvalue weighted by Crippen LogP contribution is -2.27. The number of nitrogens with zero attached hydrogens (tertiary/aromatic N) is 1. The highest BCUT2D eigenvalue weighted by Gasteiger charge is 2.16. The van der Waals surface area contributed by atoms with Crippen molar-refractivity contribution in [3.63, 3.8) is 0 Å². The molecule has 0 bridgehead atoms. The van der Waals surface area contributed by atoms with E-state index in [4.69, 9.17) is 0 Å². The number of carbonyl (C=O) groups is 1. The summed E-state index contributed by atoms with van der Waals surface area (Å²) >= 11 is 0. The van der Waals surface area contributed by atoms with Crippen molar-refractivity contribution in [3.05, 3.63) is 24.3 Å². The van der Waals surface area contributed by atoms with Gasteiger partial charge < -0.3 is 4.90 Å². The number of hydrogen-bond donors (Lipinski definition) is 0. The maximum Gasteiger partial charge on any atom is 0.222 e. The average molecular weight is 432 g/mol. The van der Waals surface area contributed by atoms with Crippen LogP contribution in [-0.2, 0) is 4.79 Å². The van der Waals surface area contributed by atoms with Crippen LogP contribution in [0.2, 0.25) is 0 Å². The summed E-state index contributed by atoms with van der Waals surface area (Å²) in [5.74, 6) is 1.24. The Labute approximate surface area is 194 Å². The zero-order valence-electron chi connectivity index (χ0n) is 21.1. The Balaban J connectivity index is 1.75. The van der Waals surface area contributed by atoms with Gasteiger partial charge in [0.2, 0.25) is 5.91 Å². The van der Waals surface area contributed by atoms with E-state index < -0.39 is 0 Å². The van der Waals surface area contributed by atoms with Gasteiger partial charge in [-0.1, -0.05) is 102 Å². The number of carbonyl (C=O) groups excluding carboxylic acids is 1. The van der Waals surface area contributed by atoms with Crippen molar-refractivity contribution >= 4 is 5.91 Å². The smallest absolute Gasteiger partial charge is 0.222 e. The van der Waals surface area contributed by atoms with E-state index in [2.05, 4.69) is 38.2 Å². The highest BCUT2D eigenvalue weighted by atomic mass is 16.2. The summed E-state index contributed by atoms with van der Waals surface area (Å²) < 4.78 is 0. The third-order valence-corrected chi connectivity index (χ3v) is 6.46. The number of unbranched alkanes of at least 4 members (excludes halogenated alkanes) is 12. The van der Waals surface area contributed by atoms with Gasteiger partial charge in [-0.25, -0.2) is 0 Å². The van der Waals surface area contributed by atoms with E-state index >= 15 is 0 Å². The van der Waals surface area contributed by atoms with Crippen LogP contribution in [0.4, 0.5) is 0 Å². The molecule has 0 atom stereocenters. The van der Waals surface area contributed by atoms with Gasteiger partial charge >= 0.3 is 0 Å². The van der Waals surface area contributed by atoms with Crippen LogP contribution >= 0.6 is 0 Å². The second kappa shape index (κ2) is 20.8. The molecule has 0 N–H and O–H groups in total. The Morgan fingerprint density at radius 1 is 0.645 bits per heavy atom. The average Bonchev–Trinajstić information content (AvgIpc) is 3.29. The first-order valence-corrected chi connectivity index (χ1v) is 13.8. The molecule has 0 aromatic heterocycles. The van der Waals surface area contributed by atoms with Crippen LogP contribution in [0.15, 0.2) is 24.3 Å². The van der Waals surface area contributed by atoms with E-state index in [1.54, 1.807) is 0 Å². The fourth-order valence-electron chi connectivity index (χ4n) is 4.39. The van der Waals surface area contributed by atoms with Crippen molar-refractivity contribution in [3.8, 4) is 0 Å². The highest BCUT2D eigenvalue weighted by Crippen LogP contribution is 2.14. The summed E-state index contributed by atoms with van der Waals surface area (Å²) in [7, 11) is 0. The maximum absolute atomic E-state index is 11.9. The zero-order chi connectivity index (χ0) is 22.4. The van der Waals surface area contributed by atoms with Crippen molar-refractivity contribution in [2.45, 2.75) is 136 Å². The predicted octanol–water partition coefficient (Wildman–Crippen LogP) is 9.01. The first-order chi connectivity index (χ1) is 15.2. The number of allylic oxidation sites excluding steroid dienone is 4. The van der Waals surface area contributed by atoms with Gasteiger partial charge in [0.25, 0.3) is 0 Å². The number of rotatable bonds is 20. The molecular formula is C29H53NO. The Kier molecular flexibility index (Phi) is 18.8. The van der Waals surface area contributed by atoms with Crippen LogP contribution in [0, 0.1) is 5.92 Å². The summed E-state index contributed by atoms with van der Waals surface area (Å²) in [6.07, 6.45) is 33.6. The van der Waals surface area contributed by atoms with Gasteiger partial charge in [0.1, 0.15) is 0 Å². The zero-order valence-corrected chi connectivity index (χ0v) is 21.1. The Morgan fingerprint density at radius 2 is 1.10 bits per heavy atom. The Bertz CT molecular complexity index is 459. The minimum atomic E-state index is 0.362. The topological polar surface area (TPSA) is 20.3 Å². The predicted molar refractivity (Wildman–Crippen MR) is 137 cm³/mol. The summed E-state index contributed by atoms with van der Waals surface area (Å²) in [4.78, 5) is 14.0. The molecular weight excluding hydrogens is 378 g/mol. The molecule has 0 spiro atoms. The number of amides is 1. The molecule has 1 aliphatic rings. The molecule has 1 fully saturated rings. The molecule has 1 aliphatic heterocycles. The van der Waals surface area contributed by atoms with Crippen molar-refractivity contribution in [2.75, 3.05) is 13.1 Å². The van der Waals surface area contributed by atoms with Gasteiger partial charge in [-0.05, 0) is 57.3 Å². The lowest BCUT2D eigenvalue weighted by Gasteiger charge is -2.14. The van der Waals surface area contributed by atoms with Crippen LogP contribution in [0.3, 0.4) is 0 Å². The Morgan fingerprint density at radius 3 is 1.65 bits per heavy atom. The SMILES string of the molecule is CC(C)CCCCCCCCCCCC/C=C\CC/C=C\CCCC(=O)N1CCCC1. The fourth-order valence-corrected chi connectivity index (χ4v) is 4.39. The minimum absolute atomic E-state index is 0.362. The molecule has 1 heterocycles. The van der Waals surface area contributed by atoms with Crippen LogP contribution in [0.25, 0.3) is 0 Å². The molecule has 0 aliphatic carbocycles. The van der Waals surface area contributed by atoms with E-state index in [1.165, 1.54) is 89.9 Å². The molecule has 2 heteroatoms. The van der Waals surface area contributed by atoms with Crippen LogP contribution in [0.1, 0.15) is 136 Å². The molecule has 31 heavy (non-hydrogen) atoms. The first kappa shape index (κ1) is 28.0. The van der Waals surface area contributed by atoms with Crippen LogP contribution in [-0.4, -0.2) is 23.9 Å². The largest absolute Gasteiger partial charge is 0.343 e. The highest BCUT2D eigenvalue weighted by molar-refractivity contribution is 5.76. The lowest BCUT2D eigenvalue weighted by atomic mass is 10.0. The molecule has 180 valence electrons. The van der Waals surface area contributed by atoms with Crippen LogP contribution in [0.5, 0.6) is 0 Å². The second-order valence-electron chi connectivity index (χ2n) is 10.0. The molecule has 0 aromatic carbocycles. The number of likely N-dealkylation sites (tertiary alicyclic amines) is 1. The van der Waals surface area contributed by atoms with Crippen molar-refractivity contribution in [1.82, 2.24) is 4.90 Å². The van der Waals surface area contributed by atoms with Crippen molar-refractivity contribution < 1.29 is 4.79 Å².